The third-order valence-corrected chi connectivity index (χ3v) is 1.72. The molecule has 0 amide bonds. The highest BCUT2D eigenvalue weighted by Crippen LogP contribution is 2.07. The maximum atomic E-state index is 11.4. The van der Waals surface area contributed by atoms with Crippen molar-refractivity contribution in [2.45, 2.75) is 20.0 Å². The lowest BCUT2D eigenvalue weighted by atomic mass is 10.1. The molecule has 1 aromatic rings. The number of hydrogen-bond donors (Lipinski definition) is 0. The van der Waals surface area contributed by atoms with E-state index in [1.54, 1.807) is 18.2 Å². The van der Waals surface area contributed by atoms with E-state index in [1.807, 2.05) is 26.0 Å². The standard InChI is InChI=1S/C12H14O2/c1-4-10-5-7-11(8-6-10)12(13)14-9(2)3/h4-9H,1H2,2-3H3. The molecular formula is C12H14O2. The zero-order valence-electron chi connectivity index (χ0n) is 8.49. The molecule has 0 radical (unpaired) electrons. The van der Waals surface area contributed by atoms with Gasteiger partial charge in [-0.2, -0.15) is 0 Å². The summed E-state index contributed by atoms with van der Waals surface area (Å²) >= 11 is 0. The molecule has 0 spiro atoms. The number of rotatable bonds is 3. The predicted octanol–water partition coefficient (Wildman–Crippen LogP) is 2.89. The minimum absolute atomic E-state index is 0.0819. The highest BCUT2D eigenvalue weighted by molar-refractivity contribution is 5.89. The van der Waals surface area contributed by atoms with Crippen molar-refractivity contribution in [3.8, 4) is 0 Å². The Morgan fingerprint density at radius 2 is 1.93 bits per heavy atom. The van der Waals surface area contributed by atoms with Crippen molar-refractivity contribution in [1.82, 2.24) is 0 Å². The number of benzene rings is 1. The maximum Gasteiger partial charge on any atom is 0.338 e. The maximum absolute atomic E-state index is 11.4. The Bertz CT molecular complexity index is 323. The van der Waals surface area contributed by atoms with Crippen LogP contribution in [0.3, 0.4) is 0 Å². The van der Waals surface area contributed by atoms with E-state index >= 15 is 0 Å². The first-order valence-electron chi connectivity index (χ1n) is 4.57. The SMILES string of the molecule is C=Cc1ccc(C(=O)OC(C)C)cc1. The molecule has 0 aliphatic carbocycles. The molecule has 2 heteroatoms. The first-order chi connectivity index (χ1) is 6.63. The summed E-state index contributed by atoms with van der Waals surface area (Å²) in [5, 5.41) is 0. The van der Waals surface area contributed by atoms with E-state index in [9.17, 15) is 4.79 Å². The molecule has 0 atom stereocenters. The van der Waals surface area contributed by atoms with Crippen LogP contribution >= 0.6 is 0 Å². The average molecular weight is 190 g/mol. The third-order valence-electron chi connectivity index (χ3n) is 1.72. The van der Waals surface area contributed by atoms with E-state index in [0.717, 1.165) is 5.56 Å². The molecule has 1 aromatic carbocycles. The van der Waals surface area contributed by atoms with Crippen molar-refractivity contribution in [2.24, 2.45) is 0 Å². The van der Waals surface area contributed by atoms with Crippen molar-refractivity contribution in [1.29, 1.82) is 0 Å². The second kappa shape index (κ2) is 4.61. The Balaban J connectivity index is 2.76. The van der Waals surface area contributed by atoms with Gasteiger partial charge in [0.05, 0.1) is 11.7 Å². The van der Waals surface area contributed by atoms with Crippen LogP contribution in [0.15, 0.2) is 30.8 Å². The molecule has 0 saturated heterocycles. The summed E-state index contributed by atoms with van der Waals surface area (Å²) in [4.78, 5) is 11.4. The fourth-order valence-corrected chi connectivity index (χ4v) is 1.04. The zero-order chi connectivity index (χ0) is 10.6. The topological polar surface area (TPSA) is 26.3 Å². The lowest BCUT2D eigenvalue weighted by Gasteiger charge is -2.07. The summed E-state index contributed by atoms with van der Waals surface area (Å²) in [5.41, 5.74) is 1.57. The first kappa shape index (κ1) is 10.5. The Hall–Kier alpha value is -1.57. The van der Waals surface area contributed by atoms with E-state index in [0.29, 0.717) is 5.56 Å². The molecule has 0 N–H and O–H groups in total. The van der Waals surface area contributed by atoms with Crippen LogP contribution in [0.1, 0.15) is 29.8 Å². The fourth-order valence-electron chi connectivity index (χ4n) is 1.04. The smallest absolute Gasteiger partial charge is 0.338 e. The molecule has 0 saturated carbocycles. The summed E-state index contributed by atoms with van der Waals surface area (Å²) < 4.78 is 5.04. The molecule has 0 aliphatic rings. The zero-order valence-corrected chi connectivity index (χ0v) is 8.49. The minimum Gasteiger partial charge on any atom is -0.459 e. The Labute approximate surface area is 84.2 Å². The molecule has 0 fully saturated rings. The largest absolute Gasteiger partial charge is 0.459 e. The summed E-state index contributed by atoms with van der Waals surface area (Å²) in [6.45, 7) is 7.30. The van der Waals surface area contributed by atoms with Crippen LogP contribution in [0.25, 0.3) is 6.08 Å². The third kappa shape index (κ3) is 2.73. The van der Waals surface area contributed by atoms with Crippen molar-refractivity contribution in [3.05, 3.63) is 42.0 Å². The van der Waals surface area contributed by atoms with Gasteiger partial charge < -0.3 is 4.74 Å². The van der Waals surface area contributed by atoms with Crippen LogP contribution in [0.2, 0.25) is 0 Å². The highest BCUT2D eigenvalue weighted by Gasteiger charge is 2.07. The molecule has 0 unspecified atom stereocenters. The summed E-state index contributed by atoms with van der Waals surface area (Å²) in [5.74, 6) is -0.282. The molecule has 0 aromatic heterocycles. The number of carbonyl (C=O) groups excluding carboxylic acids is 1. The van der Waals surface area contributed by atoms with E-state index in [2.05, 4.69) is 6.58 Å². The fraction of sp³-hybridized carbons (Fsp3) is 0.250. The van der Waals surface area contributed by atoms with Gasteiger partial charge in [0.15, 0.2) is 0 Å². The summed E-state index contributed by atoms with van der Waals surface area (Å²) in [7, 11) is 0. The number of carbonyl (C=O) groups is 1. The first-order valence-corrected chi connectivity index (χ1v) is 4.57. The Morgan fingerprint density at radius 1 is 1.36 bits per heavy atom. The van der Waals surface area contributed by atoms with Crippen LogP contribution in [0, 0.1) is 0 Å². The monoisotopic (exact) mass is 190 g/mol. The number of ether oxygens (including phenoxy) is 1. The van der Waals surface area contributed by atoms with Crippen LogP contribution < -0.4 is 0 Å². The van der Waals surface area contributed by atoms with Crippen LogP contribution in [0.4, 0.5) is 0 Å². The minimum atomic E-state index is -0.282. The lowest BCUT2D eigenvalue weighted by molar-refractivity contribution is 0.0378. The number of esters is 1. The van der Waals surface area contributed by atoms with Crippen molar-refractivity contribution >= 4 is 12.0 Å². The van der Waals surface area contributed by atoms with Crippen molar-refractivity contribution < 1.29 is 9.53 Å². The highest BCUT2D eigenvalue weighted by atomic mass is 16.5. The predicted molar refractivity (Wildman–Crippen MR) is 57.1 cm³/mol. The molecule has 2 nitrogen and oxygen atoms in total. The average Bonchev–Trinajstić information content (AvgIpc) is 2.17. The van der Waals surface area contributed by atoms with Gasteiger partial charge >= 0.3 is 5.97 Å². The lowest BCUT2D eigenvalue weighted by Crippen LogP contribution is -2.11. The summed E-state index contributed by atoms with van der Waals surface area (Å²) in [6, 6.07) is 7.15. The summed E-state index contributed by atoms with van der Waals surface area (Å²) in [6.07, 6.45) is 1.65. The normalized spacial score (nSPS) is 9.93. The van der Waals surface area contributed by atoms with Gasteiger partial charge in [-0.25, -0.2) is 4.79 Å². The van der Waals surface area contributed by atoms with Crippen LogP contribution in [0.5, 0.6) is 0 Å². The molecular weight excluding hydrogens is 176 g/mol. The van der Waals surface area contributed by atoms with Gasteiger partial charge in [-0.3, -0.25) is 0 Å². The van der Waals surface area contributed by atoms with E-state index in [-0.39, 0.29) is 12.1 Å². The quantitative estimate of drug-likeness (QED) is 0.685. The second-order valence-electron chi connectivity index (χ2n) is 3.28. The molecule has 0 heterocycles. The Kier molecular flexibility index (Phi) is 3.46. The van der Waals surface area contributed by atoms with Gasteiger partial charge in [-0.15, -0.1) is 0 Å². The molecule has 14 heavy (non-hydrogen) atoms. The second-order valence-corrected chi connectivity index (χ2v) is 3.28. The van der Waals surface area contributed by atoms with Gasteiger partial charge in [0.2, 0.25) is 0 Å². The number of hydrogen-bond acceptors (Lipinski definition) is 2. The van der Waals surface area contributed by atoms with Gasteiger partial charge in [0.25, 0.3) is 0 Å². The molecule has 0 aliphatic heterocycles. The van der Waals surface area contributed by atoms with Crippen molar-refractivity contribution in [2.75, 3.05) is 0 Å². The van der Waals surface area contributed by atoms with Crippen LogP contribution in [-0.4, -0.2) is 12.1 Å². The Morgan fingerprint density at radius 3 is 2.36 bits per heavy atom. The van der Waals surface area contributed by atoms with Crippen molar-refractivity contribution in [3.63, 3.8) is 0 Å². The molecule has 1 rings (SSSR count). The van der Waals surface area contributed by atoms with E-state index in [4.69, 9.17) is 4.74 Å². The van der Waals surface area contributed by atoms with Gasteiger partial charge in [-0.1, -0.05) is 24.8 Å². The van der Waals surface area contributed by atoms with Gasteiger partial charge in [0.1, 0.15) is 0 Å². The molecule has 74 valence electrons. The van der Waals surface area contributed by atoms with E-state index < -0.39 is 0 Å². The van der Waals surface area contributed by atoms with E-state index in [1.165, 1.54) is 0 Å². The van der Waals surface area contributed by atoms with Crippen LogP contribution in [-0.2, 0) is 4.74 Å². The van der Waals surface area contributed by atoms with Gasteiger partial charge in [0, 0.05) is 0 Å². The van der Waals surface area contributed by atoms with Gasteiger partial charge in [-0.05, 0) is 31.5 Å². The molecule has 0 bridgehead atoms.